The van der Waals surface area contributed by atoms with Crippen LogP contribution in [-0.4, -0.2) is 6.10 Å². The third-order valence-electron chi connectivity index (χ3n) is 4.37. The summed E-state index contributed by atoms with van der Waals surface area (Å²) in [6.45, 7) is 0. The van der Waals surface area contributed by atoms with Crippen LogP contribution in [0.25, 0.3) is 5.57 Å². The van der Waals surface area contributed by atoms with E-state index in [1.807, 2.05) is 0 Å². The zero-order chi connectivity index (χ0) is 13.4. The number of allylic oxidation sites excluding steroid dienone is 1. The van der Waals surface area contributed by atoms with Gasteiger partial charge in [-0.25, -0.2) is 0 Å². The number of para-hydroxylation sites is 1. The molecule has 0 amide bonds. The minimum atomic E-state index is 0.214. The molecular formula is C19H18O. The van der Waals surface area contributed by atoms with E-state index in [-0.39, 0.29) is 6.10 Å². The van der Waals surface area contributed by atoms with Gasteiger partial charge in [-0.2, -0.15) is 0 Å². The Bertz CT molecular complexity index is 669. The molecule has 100 valence electrons. The SMILES string of the molecule is C1=C(C2CCc3ccccc3O2)c2ccccc2CC1. The van der Waals surface area contributed by atoms with Crippen molar-refractivity contribution in [2.75, 3.05) is 0 Å². The molecule has 2 aliphatic rings. The lowest BCUT2D eigenvalue weighted by atomic mass is 9.85. The average molecular weight is 262 g/mol. The second kappa shape index (κ2) is 4.82. The Morgan fingerprint density at radius 3 is 2.60 bits per heavy atom. The van der Waals surface area contributed by atoms with Crippen molar-refractivity contribution in [1.82, 2.24) is 0 Å². The molecule has 4 rings (SSSR count). The summed E-state index contributed by atoms with van der Waals surface area (Å²) in [6, 6.07) is 17.2. The summed E-state index contributed by atoms with van der Waals surface area (Å²) in [7, 11) is 0. The van der Waals surface area contributed by atoms with Gasteiger partial charge < -0.3 is 4.74 Å². The smallest absolute Gasteiger partial charge is 0.124 e. The molecule has 0 fully saturated rings. The fraction of sp³-hybridized carbons (Fsp3) is 0.263. The topological polar surface area (TPSA) is 9.23 Å². The molecule has 1 aliphatic carbocycles. The van der Waals surface area contributed by atoms with Crippen LogP contribution < -0.4 is 4.74 Å². The largest absolute Gasteiger partial charge is 0.485 e. The third kappa shape index (κ3) is 1.94. The highest BCUT2D eigenvalue weighted by atomic mass is 16.5. The molecule has 0 saturated carbocycles. The average Bonchev–Trinajstić information content (AvgIpc) is 2.54. The molecule has 1 nitrogen and oxygen atoms in total. The molecule has 0 saturated heterocycles. The van der Waals surface area contributed by atoms with E-state index in [1.165, 1.54) is 22.3 Å². The van der Waals surface area contributed by atoms with Crippen molar-refractivity contribution >= 4 is 5.57 Å². The molecule has 20 heavy (non-hydrogen) atoms. The van der Waals surface area contributed by atoms with Crippen molar-refractivity contribution in [3.63, 3.8) is 0 Å². The quantitative estimate of drug-likeness (QED) is 0.739. The number of aryl methyl sites for hydroxylation is 2. The highest BCUT2D eigenvalue weighted by molar-refractivity contribution is 5.73. The third-order valence-corrected chi connectivity index (χ3v) is 4.37. The summed E-state index contributed by atoms with van der Waals surface area (Å²) in [5.74, 6) is 1.06. The summed E-state index contributed by atoms with van der Waals surface area (Å²) < 4.78 is 6.26. The standard InChI is InChI=1S/C19H18O/c1-3-9-16-14(6-1)8-5-10-17(16)19-13-12-15-7-2-4-11-18(15)20-19/h1-4,6-7,9-11,19H,5,8,12-13H2. The second-order valence-electron chi connectivity index (χ2n) is 5.61. The van der Waals surface area contributed by atoms with Gasteiger partial charge in [0.05, 0.1) is 0 Å². The summed E-state index contributed by atoms with van der Waals surface area (Å²) >= 11 is 0. The van der Waals surface area contributed by atoms with Crippen molar-refractivity contribution in [2.24, 2.45) is 0 Å². The van der Waals surface area contributed by atoms with Gasteiger partial charge in [0.2, 0.25) is 0 Å². The highest BCUT2D eigenvalue weighted by Crippen LogP contribution is 2.36. The number of hydrogen-bond acceptors (Lipinski definition) is 1. The maximum absolute atomic E-state index is 6.26. The van der Waals surface area contributed by atoms with E-state index in [1.54, 1.807) is 0 Å². The Hall–Kier alpha value is -2.02. The fourth-order valence-electron chi connectivity index (χ4n) is 3.36. The molecule has 1 heterocycles. The summed E-state index contributed by atoms with van der Waals surface area (Å²) in [6.07, 6.45) is 7.07. The maximum Gasteiger partial charge on any atom is 0.124 e. The molecule has 0 aromatic heterocycles. The van der Waals surface area contributed by atoms with Crippen molar-refractivity contribution in [3.05, 3.63) is 71.3 Å². The normalized spacial score (nSPS) is 20.4. The monoisotopic (exact) mass is 262 g/mol. The zero-order valence-electron chi connectivity index (χ0n) is 11.5. The fourth-order valence-corrected chi connectivity index (χ4v) is 3.36. The van der Waals surface area contributed by atoms with E-state index < -0.39 is 0 Å². The predicted molar refractivity (Wildman–Crippen MR) is 81.9 cm³/mol. The minimum absolute atomic E-state index is 0.214. The van der Waals surface area contributed by atoms with Crippen LogP contribution in [0.15, 0.2) is 54.6 Å². The van der Waals surface area contributed by atoms with Crippen LogP contribution in [0.3, 0.4) is 0 Å². The first-order chi connectivity index (χ1) is 9.92. The van der Waals surface area contributed by atoms with Crippen molar-refractivity contribution in [3.8, 4) is 5.75 Å². The van der Waals surface area contributed by atoms with Crippen molar-refractivity contribution < 1.29 is 4.74 Å². The van der Waals surface area contributed by atoms with Gasteiger partial charge in [0.15, 0.2) is 0 Å². The van der Waals surface area contributed by atoms with Gasteiger partial charge in [-0.05, 0) is 54.0 Å². The molecule has 0 spiro atoms. The Morgan fingerprint density at radius 2 is 1.65 bits per heavy atom. The first-order valence-corrected chi connectivity index (χ1v) is 7.45. The summed E-state index contributed by atoms with van der Waals surface area (Å²) in [5.41, 5.74) is 5.59. The van der Waals surface area contributed by atoms with Crippen LogP contribution in [0.4, 0.5) is 0 Å². The second-order valence-corrected chi connectivity index (χ2v) is 5.61. The first kappa shape index (κ1) is 11.8. The van der Waals surface area contributed by atoms with E-state index >= 15 is 0 Å². The molecule has 0 radical (unpaired) electrons. The lowest BCUT2D eigenvalue weighted by molar-refractivity contribution is 0.227. The summed E-state index contributed by atoms with van der Waals surface area (Å²) in [4.78, 5) is 0. The number of rotatable bonds is 1. The minimum Gasteiger partial charge on any atom is -0.485 e. The van der Waals surface area contributed by atoms with Crippen molar-refractivity contribution in [1.29, 1.82) is 0 Å². The molecule has 2 aromatic carbocycles. The molecule has 2 aromatic rings. The number of benzene rings is 2. The Balaban J connectivity index is 1.68. The van der Waals surface area contributed by atoms with Gasteiger partial charge in [0.1, 0.15) is 11.9 Å². The number of hydrogen-bond donors (Lipinski definition) is 0. The summed E-state index contributed by atoms with van der Waals surface area (Å²) in [5, 5.41) is 0. The molecule has 0 N–H and O–H groups in total. The van der Waals surface area contributed by atoms with Crippen LogP contribution in [-0.2, 0) is 12.8 Å². The lowest BCUT2D eigenvalue weighted by Gasteiger charge is -2.30. The van der Waals surface area contributed by atoms with Gasteiger partial charge >= 0.3 is 0 Å². The Morgan fingerprint density at radius 1 is 0.850 bits per heavy atom. The number of fused-ring (bicyclic) bond motifs is 2. The molecule has 0 bridgehead atoms. The zero-order valence-corrected chi connectivity index (χ0v) is 11.5. The molecular weight excluding hydrogens is 244 g/mol. The molecule has 1 atom stereocenters. The predicted octanol–water partition coefficient (Wildman–Crippen LogP) is 4.41. The first-order valence-electron chi connectivity index (χ1n) is 7.45. The number of ether oxygens (including phenoxy) is 1. The van der Waals surface area contributed by atoms with Gasteiger partial charge in [0.25, 0.3) is 0 Å². The van der Waals surface area contributed by atoms with E-state index in [2.05, 4.69) is 54.6 Å². The van der Waals surface area contributed by atoms with Gasteiger partial charge in [-0.3, -0.25) is 0 Å². The molecule has 1 unspecified atom stereocenters. The van der Waals surface area contributed by atoms with Gasteiger partial charge in [-0.15, -0.1) is 0 Å². The molecule has 1 heteroatoms. The lowest BCUT2D eigenvalue weighted by Crippen LogP contribution is -2.25. The maximum atomic E-state index is 6.26. The van der Waals surface area contributed by atoms with E-state index in [0.717, 1.165) is 31.4 Å². The van der Waals surface area contributed by atoms with E-state index in [0.29, 0.717) is 0 Å². The Kier molecular flexibility index (Phi) is 2.84. The van der Waals surface area contributed by atoms with Crippen LogP contribution in [0.5, 0.6) is 5.75 Å². The van der Waals surface area contributed by atoms with E-state index in [4.69, 9.17) is 4.74 Å². The van der Waals surface area contributed by atoms with Crippen LogP contribution in [0, 0.1) is 0 Å². The van der Waals surface area contributed by atoms with Crippen LogP contribution in [0.1, 0.15) is 29.5 Å². The van der Waals surface area contributed by atoms with E-state index in [9.17, 15) is 0 Å². The van der Waals surface area contributed by atoms with Crippen LogP contribution in [0.2, 0.25) is 0 Å². The van der Waals surface area contributed by atoms with Gasteiger partial charge in [-0.1, -0.05) is 48.5 Å². The highest BCUT2D eigenvalue weighted by Gasteiger charge is 2.26. The Labute approximate surface area is 119 Å². The van der Waals surface area contributed by atoms with Crippen molar-refractivity contribution in [2.45, 2.75) is 31.8 Å². The van der Waals surface area contributed by atoms with Gasteiger partial charge in [0, 0.05) is 0 Å². The molecule has 1 aliphatic heterocycles. The van der Waals surface area contributed by atoms with Crippen LogP contribution >= 0.6 is 0 Å².